The molecule has 0 spiro atoms. The van der Waals surface area contributed by atoms with E-state index in [1.165, 1.54) is 5.69 Å². The average molecular weight is 148 g/mol. The zero-order valence-corrected chi connectivity index (χ0v) is 6.88. The van der Waals surface area contributed by atoms with E-state index in [1.54, 1.807) is 0 Å². The van der Waals surface area contributed by atoms with Gasteiger partial charge < -0.3 is 5.32 Å². The molecule has 11 heavy (non-hydrogen) atoms. The Morgan fingerprint density at radius 1 is 1.36 bits per heavy atom. The van der Waals surface area contributed by atoms with Crippen molar-refractivity contribution in [3.63, 3.8) is 0 Å². The van der Waals surface area contributed by atoms with Gasteiger partial charge in [-0.2, -0.15) is 0 Å². The maximum absolute atomic E-state index is 3.82. The minimum absolute atomic E-state index is 0.456. The van der Waals surface area contributed by atoms with E-state index in [9.17, 15) is 0 Å². The summed E-state index contributed by atoms with van der Waals surface area (Å²) in [5.74, 6) is 0. The lowest BCUT2D eigenvalue weighted by Gasteiger charge is -2.11. The van der Waals surface area contributed by atoms with Crippen molar-refractivity contribution in [3.8, 4) is 0 Å². The lowest BCUT2D eigenvalue weighted by Crippen LogP contribution is -2.12. The van der Waals surface area contributed by atoms with Crippen LogP contribution in [0.2, 0.25) is 0 Å². The topological polar surface area (TPSA) is 12.0 Å². The third-order valence-electron chi connectivity index (χ3n) is 1.62. The molecule has 1 aromatic carbocycles. The number of anilines is 1. The van der Waals surface area contributed by atoms with E-state index < -0.39 is 0 Å². The summed E-state index contributed by atoms with van der Waals surface area (Å²) < 4.78 is 0. The highest BCUT2D eigenvalue weighted by atomic mass is 14.9. The summed E-state index contributed by atoms with van der Waals surface area (Å²) in [7, 11) is 0. The molecule has 1 rings (SSSR count). The molecule has 0 saturated carbocycles. The molecule has 1 N–H and O–H groups in total. The van der Waals surface area contributed by atoms with E-state index in [2.05, 4.69) is 31.3 Å². The van der Waals surface area contributed by atoms with Crippen LogP contribution in [-0.4, -0.2) is 6.04 Å². The van der Waals surface area contributed by atoms with Crippen LogP contribution in [0.5, 0.6) is 0 Å². The Balaban J connectivity index is 2.51. The van der Waals surface area contributed by atoms with Crippen LogP contribution < -0.4 is 5.32 Å². The highest BCUT2D eigenvalue weighted by Crippen LogP contribution is 2.07. The quantitative estimate of drug-likeness (QED) is 0.695. The summed E-state index contributed by atoms with van der Waals surface area (Å²) in [4.78, 5) is 0. The third-order valence-corrected chi connectivity index (χ3v) is 1.62. The first-order chi connectivity index (χ1) is 5.33. The maximum atomic E-state index is 3.82. The molecule has 0 heterocycles. The Morgan fingerprint density at radius 2 is 2.00 bits per heavy atom. The first-order valence-corrected chi connectivity index (χ1v) is 3.93. The van der Waals surface area contributed by atoms with Gasteiger partial charge in [-0.3, -0.25) is 0 Å². The molecule has 0 bridgehead atoms. The second kappa shape index (κ2) is 4.02. The Kier molecular flexibility index (Phi) is 2.96. The van der Waals surface area contributed by atoms with Gasteiger partial charge in [-0.05, 0) is 25.5 Å². The van der Waals surface area contributed by atoms with E-state index in [-0.39, 0.29) is 0 Å². The van der Waals surface area contributed by atoms with Crippen molar-refractivity contribution in [1.82, 2.24) is 0 Å². The largest absolute Gasteiger partial charge is 0.383 e. The molecule has 0 aliphatic rings. The van der Waals surface area contributed by atoms with Crippen LogP contribution in [0.25, 0.3) is 0 Å². The van der Waals surface area contributed by atoms with Gasteiger partial charge in [0.1, 0.15) is 0 Å². The minimum Gasteiger partial charge on any atom is -0.383 e. The van der Waals surface area contributed by atoms with E-state index in [0.717, 1.165) is 6.42 Å². The van der Waals surface area contributed by atoms with Gasteiger partial charge >= 0.3 is 0 Å². The van der Waals surface area contributed by atoms with Crippen LogP contribution in [0.4, 0.5) is 5.69 Å². The SMILES string of the molecule is [CH2]C[C@H](C)Nc1ccccc1. The lowest BCUT2D eigenvalue weighted by molar-refractivity contribution is 0.811. The van der Waals surface area contributed by atoms with Crippen molar-refractivity contribution in [2.75, 3.05) is 5.32 Å². The summed E-state index contributed by atoms with van der Waals surface area (Å²) in [5, 5.41) is 3.33. The molecule has 1 radical (unpaired) electrons. The normalized spacial score (nSPS) is 12.5. The van der Waals surface area contributed by atoms with Crippen LogP contribution >= 0.6 is 0 Å². The van der Waals surface area contributed by atoms with Gasteiger partial charge in [-0.1, -0.05) is 25.1 Å². The molecule has 1 aromatic rings. The molecule has 0 aromatic heterocycles. The van der Waals surface area contributed by atoms with Gasteiger partial charge in [0.15, 0.2) is 0 Å². The number of para-hydroxylation sites is 1. The second-order valence-electron chi connectivity index (χ2n) is 2.70. The molecular formula is C10H14N. The third kappa shape index (κ3) is 2.62. The zero-order valence-electron chi connectivity index (χ0n) is 6.88. The molecule has 0 fully saturated rings. The van der Waals surface area contributed by atoms with Crippen LogP contribution in [0.15, 0.2) is 30.3 Å². The second-order valence-corrected chi connectivity index (χ2v) is 2.70. The maximum Gasteiger partial charge on any atom is 0.0342 e. The first-order valence-electron chi connectivity index (χ1n) is 3.93. The van der Waals surface area contributed by atoms with Crippen molar-refractivity contribution in [2.45, 2.75) is 19.4 Å². The lowest BCUT2D eigenvalue weighted by atomic mass is 10.2. The van der Waals surface area contributed by atoms with Gasteiger partial charge in [0, 0.05) is 11.7 Å². The molecule has 0 unspecified atom stereocenters. The average Bonchev–Trinajstić information content (AvgIpc) is 2.06. The number of rotatable bonds is 3. The molecule has 59 valence electrons. The smallest absolute Gasteiger partial charge is 0.0342 e. The zero-order chi connectivity index (χ0) is 8.10. The monoisotopic (exact) mass is 148 g/mol. The minimum atomic E-state index is 0.456. The Labute approximate surface area is 68.4 Å². The van der Waals surface area contributed by atoms with Gasteiger partial charge in [-0.15, -0.1) is 0 Å². The van der Waals surface area contributed by atoms with E-state index >= 15 is 0 Å². The summed E-state index contributed by atoms with van der Waals surface area (Å²) in [6.45, 7) is 5.94. The Morgan fingerprint density at radius 3 is 2.55 bits per heavy atom. The van der Waals surface area contributed by atoms with Crippen LogP contribution in [0, 0.1) is 6.92 Å². The molecule has 1 heteroatoms. The standard InChI is InChI=1S/C10H14N/c1-3-9(2)11-10-7-5-4-6-8-10/h4-9,11H,1,3H2,2H3/t9-/m0/s1. The summed E-state index contributed by atoms with van der Waals surface area (Å²) >= 11 is 0. The van der Waals surface area contributed by atoms with Crippen molar-refractivity contribution < 1.29 is 0 Å². The van der Waals surface area contributed by atoms with E-state index in [4.69, 9.17) is 0 Å². The number of benzene rings is 1. The molecule has 1 atom stereocenters. The first kappa shape index (κ1) is 8.12. The van der Waals surface area contributed by atoms with Gasteiger partial charge in [-0.25, -0.2) is 0 Å². The van der Waals surface area contributed by atoms with Crippen molar-refractivity contribution in [2.24, 2.45) is 0 Å². The predicted octanol–water partition coefficient (Wildman–Crippen LogP) is 2.71. The molecule has 0 aliphatic carbocycles. The Hall–Kier alpha value is -0.980. The number of hydrogen-bond acceptors (Lipinski definition) is 1. The Bertz CT molecular complexity index is 193. The molecule has 1 nitrogen and oxygen atoms in total. The summed E-state index contributed by atoms with van der Waals surface area (Å²) in [6, 6.07) is 10.6. The summed E-state index contributed by atoms with van der Waals surface area (Å²) in [5.41, 5.74) is 1.17. The highest BCUT2D eigenvalue weighted by molar-refractivity contribution is 5.43. The fourth-order valence-electron chi connectivity index (χ4n) is 0.891. The molecule has 0 amide bonds. The van der Waals surface area contributed by atoms with Gasteiger partial charge in [0.25, 0.3) is 0 Å². The highest BCUT2D eigenvalue weighted by Gasteiger charge is 1.95. The van der Waals surface area contributed by atoms with Crippen molar-refractivity contribution >= 4 is 5.69 Å². The fourth-order valence-corrected chi connectivity index (χ4v) is 0.891. The van der Waals surface area contributed by atoms with Crippen molar-refractivity contribution in [1.29, 1.82) is 0 Å². The van der Waals surface area contributed by atoms with Crippen LogP contribution in [-0.2, 0) is 0 Å². The van der Waals surface area contributed by atoms with Gasteiger partial charge in [0.05, 0.1) is 0 Å². The number of nitrogens with one attached hydrogen (secondary N) is 1. The molecule has 0 saturated heterocycles. The van der Waals surface area contributed by atoms with Crippen LogP contribution in [0.3, 0.4) is 0 Å². The van der Waals surface area contributed by atoms with Crippen LogP contribution in [0.1, 0.15) is 13.3 Å². The van der Waals surface area contributed by atoms with Crippen molar-refractivity contribution in [3.05, 3.63) is 37.3 Å². The van der Waals surface area contributed by atoms with E-state index in [1.807, 2.05) is 18.2 Å². The van der Waals surface area contributed by atoms with Gasteiger partial charge in [0.2, 0.25) is 0 Å². The number of hydrogen-bond donors (Lipinski definition) is 1. The fraction of sp³-hybridized carbons (Fsp3) is 0.300. The molecule has 0 aliphatic heterocycles. The van der Waals surface area contributed by atoms with E-state index in [0.29, 0.717) is 6.04 Å². The predicted molar refractivity (Wildman–Crippen MR) is 49.5 cm³/mol. The summed E-state index contributed by atoms with van der Waals surface area (Å²) in [6.07, 6.45) is 0.912. The molecular weight excluding hydrogens is 134 g/mol.